The number of nitrogens with one attached hydrogen (secondary N) is 1. The van der Waals surface area contributed by atoms with Crippen molar-refractivity contribution in [1.82, 2.24) is 9.71 Å². The molecule has 0 unspecified atom stereocenters. The van der Waals surface area contributed by atoms with E-state index >= 15 is 0 Å². The molecular formula is C9H15N3O2S2. The van der Waals surface area contributed by atoms with E-state index in [9.17, 15) is 8.42 Å². The van der Waals surface area contributed by atoms with Crippen molar-refractivity contribution in [1.29, 1.82) is 0 Å². The number of thiazole rings is 1. The smallest absolute Gasteiger partial charge is 0.208 e. The average Bonchev–Trinajstić information content (AvgIpc) is 2.69. The van der Waals surface area contributed by atoms with E-state index in [0.29, 0.717) is 0 Å². The summed E-state index contributed by atoms with van der Waals surface area (Å²) in [5.41, 5.74) is 0. The lowest BCUT2D eigenvalue weighted by Gasteiger charge is -2.31. The minimum atomic E-state index is -3.08. The van der Waals surface area contributed by atoms with Crippen LogP contribution in [0.2, 0.25) is 0 Å². The van der Waals surface area contributed by atoms with Gasteiger partial charge in [0.15, 0.2) is 5.13 Å². The van der Waals surface area contributed by atoms with Gasteiger partial charge in [-0.2, -0.15) is 0 Å². The summed E-state index contributed by atoms with van der Waals surface area (Å²) in [7, 11) is -3.08. The maximum absolute atomic E-state index is 11.1. The van der Waals surface area contributed by atoms with Gasteiger partial charge in [0.05, 0.1) is 6.26 Å². The summed E-state index contributed by atoms with van der Waals surface area (Å²) in [6, 6.07) is 0.0752. The molecule has 0 aromatic carbocycles. The van der Waals surface area contributed by atoms with Gasteiger partial charge < -0.3 is 4.90 Å². The maximum atomic E-state index is 11.1. The normalized spacial score (nSPS) is 18.9. The Bertz CT molecular complexity index is 422. The van der Waals surface area contributed by atoms with Crippen molar-refractivity contribution in [2.24, 2.45) is 0 Å². The second kappa shape index (κ2) is 4.68. The molecule has 0 bridgehead atoms. The van der Waals surface area contributed by atoms with Gasteiger partial charge in [-0.15, -0.1) is 11.3 Å². The van der Waals surface area contributed by atoms with Crippen LogP contribution in [0.25, 0.3) is 0 Å². The highest BCUT2D eigenvalue weighted by molar-refractivity contribution is 7.88. The van der Waals surface area contributed by atoms with Crippen molar-refractivity contribution in [3.05, 3.63) is 11.6 Å². The zero-order valence-corrected chi connectivity index (χ0v) is 10.7. The van der Waals surface area contributed by atoms with E-state index in [1.807, 2.05) is 5.38 Å². The van der Waals surface area contributed by atoms with Gasteiger partial charge in [0.2, 0.25) is 10.0 Å². The fraction of sp³-hybridized carbons (Fsp3) is 0.667. The maximum Gasteiger partial charge on any atom is 0.208 e. The topological polar surface area (TPSA) is 62.3 Å². The summed E-state index contributed by atoms with van der Waals surface area (Å²) in [6.07, 6.45) is 4.68. The first kappa shape index (κ1) is 11.8. The second-order valence-electron chi connectivity index (χ2n) is 3.97. The molecule has 1 fully saturated rings. The molecule has 1 N–H and O–H groups in total. The Kier molecular flexibility index (Phi) is 3.46. The Morgan fingerprint density at radius 1 is 1.50 bits per heavy atom. The number of rotatable bonds is 3. The fourth-order valence-corrected chi connectivity index (χ4v) is 3.40. The summed E-state index contributed by atoms with van der Waals surface area (Å²) in [5, 5.41) is 2.98. The minimum absolute atomic E-state index is 0.0752. The third kappa shape index (κ3) is 3.16. The van der Waals surface area contributed by atoms with E-state index in [0.717, 1.165) is 31.1 Å². The van der Waals surface area contributed by atoms with E-state index in [-0.39, 0.29) is 6.04 Å². The van der Waals surface area contributed by atoms with Crippen LogP contribution in [0.3, 0.4) is 0 Å². The molecular weight excluding hydrogens is 246 g/mol. The molecule has 0 amide bonds. The molecule has 1 saturated heterocycles. The van der Waals surface area contributed by atoms with Gasteiger partial charge >= 0.3 is 0 Å². The van der Waals surface area contributed by atoms with Gasteiger partial charge in [-0.1, -0.05) is 0 Å². The van der Waals surface area contributed by atoms with Crippen LogP contribution >= 0.6 is 11.3 Å². The molecule has 0 spiro atoms. The highest BCUT2D eigenvalue weighted by Crippen LogP contribution is 2.21. The van der Waals surface area contributed by atoms with E-state index in [2.05, 4.69) is 14.6 Å². The lowest BCUT2D eigenvalue weighted by atomic mass is 10.1. The third-order valence-electron chi connectivity index (χ3n) is 2.57. The van der Waals surface area contributed by atoms with Crippen molar-refractivity contribution in [2.75, 3.05) is 24.2 Å². The van der Waals surface area contributed by atoms with Crippen molar-refractivity contribution in [3.63, 3.8) is 0 Å². The summed E-state index contributed by atoms with van der Waals surface area (Å²) in [4.78, 5) is 6.44. The molecule has 0 aliphatic carbocycles. The van der Waals surface area contributed by atoms with E-state index in [1.54, 1.807) is 17.5 Å². The zero-order chi connectivity index (χ0) is 11.6. The fourth-order valence-electron chi connectivity index (χ4n) is 1.86. The van der Waals surface area contributed by atoms with Gasteiger partial charge in [-0.05, 0) is 12.8 Å². The van der Waals surface area contributed by atoms with Crippen LogP contribution in [0.5, 0.6) is 0 Å². The number of piperidine rings is 1. The summed E-state index contributed by atoms with van der Waals surface area (Å²) >= 11 is 1.62. The molecule has 90 valence electrons. The molecule has 5 nitrogen and oxygen atoms in total. The Hall–Kier alpha value is -0.660. The van der Waals surface area contributed by atoms with Crippen molar-refractivity contribution < 1.29 is 8.42 Å². The second-order valence-corrected chi connectivity index (χ2v) is 6.62. The number of anilines is 1. The molecule has 0 radical (unpaired) electrons. The molecule has 1 aromatic rings. The number of hydrogen-bond donors (Lipinski definition) is 1. The van der Waals surface area contributed by atoms with Gasteiger partial charge in [-0.25, -0.2) is 18.1 Å². The van der Waals surface area contributed by atoms with Crippen molar-refractivity contribution >= 4 is 26.5 Å². The zero-order valence-electron chi connectivity index (χ0n) is 9.09. The Labute approximate surface area is 99.5 Å². The standard InChI is InChI=1S/C9H15N3O2S2/c1-16(13,14)11-8-2-5-12(6-3-8)9-10-4-7-15-9/h4,7-8,11H,2-3,5-6H2,1H3. The molecule has 2 heterocycles. The predicted molar refractivity (Wildman–Crippen MR) is 65.3 cm³/mol. The van der Waals surface area contributed by atoms with Gasteiger partial charge in [0.25, 0.3) is 0 Å². The summed E-state index contributed by atoms with van der Waals surface area (Å²) < 4.78 is 24.8. The van der Waals surface area contributed by atoms with E-state index < -0.39 is 10.0 Å². The SMILES string of the molecule is CS(=O)(=O)NC1CCN(c2nccs2)CC1. The van der Waals surface area contributed by atoms with Gasteiger partial charge in [0.1, 0.15) is 0 Å². The number of aromatic nitrogens is 1. The molecule has 1 aliphatic heterocycles. The van der Waals surface area contributed by atoms with Crippen LogP contribution in [0.4, 0.5) is 5.13 Å². The van der Waals surface area contributed by atoms with Crippen LogP contribution in [-0.2, 0) is 10.0 Å². The monoisotopic (exact) mass is 261 g/mol. The highest BCUT2D eigenvalue weighted by atomic mass is 32.2. The Morgan fingerprint density at radius 3 is 2.69 bits per heavy atom. The van der Waals surface area contributed by atoms with Crippen LogP contribution in [-0.4, -0.2) is 38.8 Å². The minimum Gasteiger partial charge on any atom is -0.348 e. The van der Waals surface area contributed by atoms with E-state index in [4.69, 9.17) is 0 Å². The largest absolute Gasteiger partial charge is 0.348 e. The molecule has 0 atom stereocenters. The first-order valence-electron chi connectivity index (χ1n) is 5.16. The number of nitrogens with zero attached hydrogens (tertiary/aromatic N) is 2. The van der Waals surface area contributed by atoms with Crippen LogP contribution < -0.4 is 9.62 Å². The first-order chi connectivity index (χ1) is 7.54. The third-order valence-corrected chi connectivity index (χ3v) is 4.16. The van der Waals surface area contributed by atoms with Crippen molar-refractivity contribution in [3.8, 4) is 0 Å². The number of sulfonamides is 1. The molecule has 2 rings (SSSR count). The lowest BCUT2D eigenvalue weighted by molar-refractivity contribution is 0.461. The summed E-state index contributed by atoms with van der Waals surface area (Å²) in [5.74, 6) is 0. The van der Waals surface area contributed by atoms with Crippen molar-refractivity contribution in [2.45, 2.75) is 18.9 Å². The molecule has 7 heteroatoms. The van der Waals surface area contributed by atoms with Gasteiger partial charge in [-0.3, -0.25) is 0 Å². The molecule has 0 saturated carbocycles. The highest BCUT2D eigenvalue weighted by Gasteiger charge is 2.22. The van der Waals surface area contributed by atoms with Crippen LogP contribution in [0.15, 0.2) is 11.6 Å². The quantitative estimate of drug-likeness (QED) is 0.868. The van der Waals surface area contributed by atoms with Crippen LogP contribution in [0.1, 0.15) is 12.8 Å². The molecule has 1 aromatic heterocycles. The van der Waals surface area contributed by atoms with Gasteiger partial charge in [0, 0.05) is 30.7 Å². The molecule has 1 aliphatic rings. The van der Waals surface area contributed by atoms with E-state index in [1.165, 1.54) is 6.26 Å². The first-order valence-corrected chi connectivity index (χ1v) is 7.93. The number of hydrogen-bond acceptors (Lipinski definition) is 5. The predicted octanol–water partition coefficient (Wildman–Crippen LogP) is 0.661. The Balaban J connectivity index is 1.88. The lowest BCUT2D eigenvalue weighted by Crippen LogP contribution is -2.44. The van der Waals surface area contributed by atoms with Crippen LogP contribution in [0, 0.1) is 0 Å². The molecule has 16 heavy (non-hydrogen) atoms. The Morgan fingerprint density at radius 2 is 2.19 bits per heavy atom. The summed E-state index contributed by atoms with van der Waals surface area (Å²) in [6.45, 7) is 1.72. The average molecular weight is 261 g/mol.